The SMILES string of the molecule is CCCOc1ccc(C=CCNC2CC2)cc1. The molecule has 0 aromatic heterocycles. The van der Waals surface area contributed by atoms with Gasteiger partial charge in [-0.05, 0) is 37.0 Å². The molecule has 2 nitrogen and oxygen atoms in total. The minimum absolute atomic E-state index is 0.782. The fraction of sp³-hybridized carbons (Fsp3) is 0.467. The summed E-state index contributed by atoms with van der Waals surface area (Å²) in [5.74, 6) is 0.958. The molecule has 1 aromatic rings. The first-order valence-corrected chi connectivity index (χ1v) is 6.51. The van der Waals surface area contributed by atoms with Crippen LogP contribution in [-0.2, 0) is 0 Å². The van der Waals surface area contributed by atoms with E-state index in [-0.39, 0.29) is 0 Å². The maximum absolute atomic E-state index is 5.54. The molecule has 92 valence electrons. The number of benzene rings is 1. The van der Waals surface area contributed by atoms with Crippen molar-refractivity contribution >= 4 is 6.08 Å². The van der Waals surface area contributed by atoms with Crippen molar-refractivity contribution < 1.29 is 4.74 Å². The van der Waals surface area contributed by atoms with Gasteiger partial charge in [0.2, 0.25) is 0 Å². The van der Waals surface area contributed by atoms with E-state index in [0.717, 1.165) is 31.4 Å². The average Bonchev–Trinajstić information content (AvgIpc) is 3.18. The van der Waals surface area contributed by atoms with Crippen molar-refractivity contribution in [3.8, 4) is 5.75 Å². The van der Waals surface area contributed by atoms with Gasteiger partial charge in [-0.2, -0.15) is 0 Å². The number of hydrogen-bond donors (Lipinski definition) is 1. The van der Waals surface area contributed by atoms with Gasteiger partial charge in [-0.15, -0.1) is 0 Å². The third kappa shape index (κ3) is 4.61. The number of rotatable bonds is 7. The highest BCUT2D eigenvalue weighted by molar-refractivity contribution is 5.50. The van der Waals surface area contributed by atoms with Crippen LogP contribution in [0.15, 0.2) is 30.3 Å². The van der Waals surface area contributed by atoms with Crippen LogP contribution in [-0.4, -0.2) is 19.2 Å². The molecule has 0 radical (unpaired) electrons. The van der Waals surface area contributed by atoms with Gasteiger partial charge in [-0.3, -0.25) is 0 Å². The standard InChI is InChI=1S/C15H21NO/c1-2-12-17-15-9-5-13(6-10-15)4-3-11-16-14-7-8-14/h3-6,9-10,14,16H,2,7-8,11-12H2,1H3. The second-order valence-electron chi connectivity index (χ2n) is 4.50. The molecule has 2 heteroatoms. The quantitative estimate of drug-likeness (QED) is 0.778. The van der Waals surface area contributed by atoms with Crippen LogP contribution < -0.4 is 10.1 Å². The summed E-state index contributed by atoms with van der Waals surface area (Å²) in [6, 6.07) is 9.04. The highest BCUT2D eigenvalue weighted by atomic mass is 16.5. The summed E-state index contributed by atoms with van der Waals surface area (Å²) in [5.41, 5.74) is 1.23. The summed E-state index contributed by atoms with van der Waals surface area (Å²) < 4.78 is 5.54. The molecule has 0 aliphatic heterocycles. The van der Waals surface area contributed by atoms with Crippen LogP contribution in [0.1, 0.15) is 31.7 Å². The number of ether oxygens (including phenoxy) is 1. The van der Waals surface area contributed by atoms with E-state index < -0.39 is 0 Å². The Labute approximate surface area is 104 Å². The van der Waals surface area contributed by atoms with Crippen molar-refractivity contribution in [3.05, 3.63) is 35.9 Å². The third-order valence-corrected chi connectivity index (χ3v) is 2.76. The summed E-state index contributed by atoms with van der Waals surface area (Å²) in [5, 5.41) is 3.45. The lowest BCUT2D eigenvalue weighted by molar-refractivity contribution is 0.317. The zero-order valence-electron chi connectivity index (χ0n) is 10.5. The zero-order valence-corrected chi connectivity index (χ0v) is 10.5. The third-order valence-electron chi connectivity index (χ3n) is 2.76. The van der Waals surface area contributed by atoms with Gasteiger partial charge >= 0.3 is 0 Å². The van der Waals surface area contributed by atoms with Gasteiger partial charge in [0.25, 0.3) is 0 Å². The van der Waals surface area contributed by atoms with Crippen LogP contribution in [0.5, 0.6) is 5.75 Å². The van der Waals surface area contributed by atoms with Gasteiger partial charge in [0.1, 0.15) is 5.75 Å². The molecule has 0 amide bonds. The molecule has 1 aromatic carbocycles. The molecule has 0 bridgehead atoms. The first-order valence-electron chi connectivity index (χ1n) is 6.51. The zero-order chi connectivity index (χ0) is 11.9. The van der Waals surface area contributed by atoms with Crippen molar-refractivity contribution in [2.45, 2.75) is 32.2 Å². The van der Waals surface area contributed by atoms with Crippen molar-refractivity contribution in [3.63, 3.8) is 0 Å². The molecule has 1 aliphatic rings. The van der Waals surface area contributed by atoms with Crippen molar-refractivity contribution in [1.82, 2.24) is 5.32 Å². The van der Waals surface area contributed by atoms with Crippen LogP contribution in [0, 0.1) is 0 Å². The van der Waals surface area contributed by atoms with E-state index >= 15 is 0 Å². The fourth-order valence-corrected chi connectivity index (χ4v) is 1.61. The molecule has 0 unspecified atom stereocenters. The van der Waals surface area contributed by atoms with E-state index in [4.69, 9.17) is 4.74 Å². The Kier molecular flexibility index (Phi) is 4.63. The fourth-order valence-electron chi connectivity index (χ4n) is 1.61. The number of nitrogens with one attached hydrogen (secondary N) is 1. The lowest BCUT2D eigenvalue weighted by atomic mass is 10.2. The van der Waals surface area contributed by atoms with Crippen LogP contribution in [0.25, 0.3) is 6.08 Å². The van der Waals surface area contributed by atoms with Crippen molar-refractivity contribution in [2.75, 3.05) is 13.2 Å². The molecular formula is C15H21NO. The molecule has 1 aliphatic carbocycles. The highest BCUT2D eigenvalue weighted by Crippen LogP contribution is 2.18. The van der Waals surface area contributed by atoms with Crippen LogP contribution >= 0.6 is 0 Å². The smallest absolute Gasteiger partial charge is 0.119 e. The van der Waals surface area contributed by atoms with Gasteiger partial charge in [-0.25, -0.2) is 0 Å². The maximum Gasteiger partial charge on any atom is 0.119 e. The summed E-state index contributed by atoms with van der Waals surface area (Å²) in [7, 11) is 0. The molecule has 0 atom stereocenters. The molecule has 2 rings (SSSR count). The van der Waals surface area contributed by atoms with Gasteiger partial charge in [-0.1, -0.05) is 31.2 Å². The second kappa shape index (κ2) is 6.45. The number of hydrogen-bond acceptors (Lipinski definition) is 2. The van der Waals surface area contributed by atoms with Crippen molar-refractivity contribution in [1.29, 1.82) is 0 Å². The van der Waals surface area contributed by atoms with Crippen molar-refractivity contribution in [2.24, 2.45) is 0 Å². The minimum atomic E-state index is 0.782. The van der Waals surface area contributed by atoms with Crippen LogP contribution in [0.3, 0.4) is 0 Å². The average molecular weight is 231 g/mol. The molecule has 0 spiro atoms. The van der Waals surface area contributed by atoms with E-state index in [1.54, 1.807) is 0 Å². The topological polar surface area (TPSA) is 21.3 Å². The molecular weight excluding hydrogens is 210 g/mol. The van der Waals surface area contributed by atoms with E-state index in [2.05, 4.69) is 36.5 Å². The van der Waals surface area contributed by atoms with E-state index in [1.165, 1.54) is 18.4 Å². The Balaban J connectivity index is 1.75. The normalized spacial score (nSPS) is 15.4. The largest absolute Gasteiger partial charge is 0.494 e. The lowest BCUT2D eigenvalue weighted by Crippen LogP contribution is -2.15. The monoisotopic (exact) mass is 231 g/mol. The van der Waals surface area contributed by atoms with Crippen LogP contribution in [0.4, 0.5) is 0 Å². The van der Waals surface area contributed by atoms with Gasteiger partial charge in [0.15, 0.2) is 0 Å². The molecule has 1 N–H and O–H groups in total. The first-order chi connectivity index (χ1) is 8.38. The maximum atomic E-state index is 5.54. The summed E-state index contributed by atoms with van der Waals surface area (Å²) in [4.78, 5) is 0. The van der Waals surface area contributed by atoms with E-state index in [1.807, 2.05) is 12.1 Å². The Bertz CT molecular complexity index is 352. The first kappa shape index (κ1) is 12.2. The van der Waals surface area contributed by atoms with E-state index in [9.17, 15) is 0 Å². The van der Waals surface area contributed by atoms with Gasteiger partial charge in [0, 0.05) is 12.6 Å². The summed E-state index contributed by atoms with van der Waals surface area (Å²) in [6.45, 7) is 3.88. The Hall–Kier alpha value is -1.28. The minimum Gasteiger partial charge on any atom is -0.494 e. The predicted molar refractivity (Wildman–Crippen MR) is 72.3 cm³/mol. The van der Waals surface area contributed by atoms with Gasteiger partial charge < -0.3 is 10.1 Å². The Morgan fingerprint density at radius 1 is 1.29 bits per heavy atom. The molecule has 0 saturated heterocycles. The molecule has 0 heterocycles. The molecule has 1 saturated carbocycles. The lowest BCUT2D eigenvalue weighted by Gasteiger charge is -2.04. The predicted octanol–water partition coefficient (Wildman–Crippen LogP) is 3.24. The summed E-state index contributed by atoms with van der Waals surface area (Å²) in [6.07, 6.45) is 8.07. The van der Waals surface area contributed by atoms with Gasteiger partial charge in [0.05, 0.1) is 6.61 Å². The second-order valence-corrected chi connectivity index (χ2v) is 4.50. The summed E-state index contributed by atoms with van der Waals surface area (Å²) >= 11 is 0. The Morgan fingerprint density at radius 2 is 2.06 bits per heavy atom. The molecule has 17 heavy (non-hydrogen) atoms. The van der Waals surface area contributed by atoms with Crippen LogP contribution in [0.2, 0.25) is 0 Å². The molecule has 1 fully saturated rings. The van der Waals surface area contributed by atoms with E-state index in [0.29, 0.717) is 0 Å². The Morgan fingerprint density at radius 3 is 2.71 bits per heavy atom. The highest BCUT2D eigenvalue weighted by Gasteiger charge is 2.18.